The molecule has 0 aliphatic heterocycles. The highest BCUT2D eigenvalue weighted by Gasteiger charge is 2.57. The molecule has 140 valence electrons. The molecule has 1 N–H and O–H groups in total. The van der Waals surface area contributed by atoms with Gasteiger partial charge in [0.1, 0.15) is 0 Å². The molecule has 0 heterocycles. The zero-order chi connectivity index (χ0) is 17.6. The molecule has 0 aromatic heterocycles. The molecule has 0 radical (unpaired) electrons. The number of hydrogen-bond acceptors (Lipinski definition) is 3. The Morgan fingerprint density at radius 2 is 1.67 bits per heavy atom. The summed E-state index contributed by atoms with van der Waals surface area (Å²) in [6.45, 7) is 5.52. The van der Waals surface area contributed by atoms with Crippen LogP contribution >= 0.6 is 0 Å². The Hall–Kier alpha value is -0.260. The molecule has 4 fully saturated rings. The van der Waals surface area contributed by atoms with Gasteiger partial charge in [-0.1, -0.05) is 20.8 Å². The number of hydrogen-bond donors (Lipinski definition) is 1. The summed E-state index contributed by atoms with van der Waals surface area (Å²) in [6.07, 6.45) is 3.71. The number of rotatable bonds is 7. The van der Waals surface area contributed by atoms with E-state index in [4.69, 9.17) is 9.47 Å². The Labute approximate surface area is 144 Å². The monoisotopic (exact) mass is 346 g/mol. The normalized spacial score (nSPS) is 38.8. The van der Waals surface area contributed by atoms with E-state index >= 15 is 0 Å². The minimum Gasteiger partial charge on any atom is -0.390 e. The van der Waals surface area contributed by atoms with Crippen LogP contribution in [0.3, 0.4) is 0 Å². The molecule has 4 aliphatic rings. The first kappa shape index (κ1) is 18.5. The highest BCUT2D eigenvalue weighted by Crippen LogP contribution is 2.61. The van der Waals surface area contributed by atoms with Crippen molar-refractivity contribution in [3.63, 3.8) is 0 Å². The molecule has 0 aromatic rings. The van der Waals surface area contributed by atoms with Crippen molar-refractivity contribution >= 4 is 0 Å². The van der Waals surface area contributed by atoms with E-state index in [-0.39, 0.29) is 12.0 Å². The van der Waals surface area contributed by atoms with Crippen LogP contribution in [0.5, 0.6) is 0 Å². The second-order valence-corrected chi connectivity index (χ2v) is 9.71. The second kappa shape index (κ2) is 6.17. The maximum atomic E-state index is 13.7. The molecule has 2 unspecified atom stereocenters. The molecule has 2 atom stereocenters. The first-order chi connectivity index (χ1) is 11.0. The third-order valence-corrected chi connectivity index (χ3v) is 6.15. The van der Waals surface area contributed by atoms with E-state index < -0.39 is 17.1 Å². The van der Waals surface area contributed by atoms with Gasteiger partial charge in [0.15, 0.2) is 0 Å². The summed E-state index contributed by atoms with van der Waals surface area (Å²) in [5.74, 6) is 1.29. The topological polar surface area (TPSA) is 38.7 Å². The van der Waals surface area contributed by atoms with Crippen LogP contribution in [0, 0.1) is 22.7 Å². The smallest absolute Gasteiger partial charge is 0.360 e. The number of ether oxygens (including phenoxy) is 2. The van der Waals surface area contributed by atoms with Gasteiger partial charge in [-0.2, -0.15) is 8.78 Å². The van der Waals surface area contributed by atoms with Crippen molar-refractivity contribution in [2.75, 3.05) is 19.8 Å². The van der Waals surface area contributed by atoms with E-state index in [1.807, 2.05) is 0 Å². The summed E-state index contributed by atoms with van der Waals surface area (Å²) in [5.41, 5.74) is -1.54. The molecule has 4 saturated carbocycles. The Kier molecular flexibility index (Phi) is 4.76. The maximum absolute atomic E-state index is 13.7. The fraction of sp³-hybridized carbons (Fsp3) is 1.00. The van der Waals surface area contributed by atoms with Crippen LogP contribution in [0.2, 0.25) is 0 Å². The molecule has 3 nitrogen and oxygen atoms in total. The van der Waals surface area contributed by atoms with Crippen LogP contribution in [-0.2, 0) is 9.47 Å². The van der Waals surface area contributed by atoms with Gasteiger partial charge in [0.25, 0.3) is 0 Å². The van der Waals surface area contributed by atoms with E-state index in [1.54, 1.807) is 0 Å². The van der Waals surface area contributed by atoms with Crippen LogP contribution < -0.4 is 0 Å². The van der Waals surface area contributed by atoms with E-state index in [0.717, 1.165) is 32.1 Å². The van der Waals surface area contributed by atoms with Gasteiger partial charge >= 0.3 is 6.11 Å². The van der Waals surface area contributed by atoms with Gasteiger partial charge in [0, 0.05) is 6.61 Å². The lowest BCUT2D eigenvalue weighted by molar-refractivity contribution is -0.295. The van der Waals surface area contributed by atoms with E-state index in [9.17, 15) is 13.9 Å². The van der Waals surface area contributed by atoms with Gasteiger partial charge in [-0.15, -0.1) is 0 Å². The molecule has 4 aliphatic carbocycles. The van der Waals surface area contributed by atoms with Crippen LogP contribution in [-0.4, -0.2) is 36.6 Å². The van der Waals surface area contributed by atoms with Crippen molar-refractivity contribution in [2.45, 2.75) is 77.4 Å². The number of alkyl halides is 2. The fourth-order valence-electron chi connectivity index (χ4n) is 5.44. The largest absolute Gasteiger partial charge is 0.390 e. The average molecular weight is 346 g/mol. The quantitative estimate of drug-likeness (QED) is 0.695. The van der Waals surface area contributed by atoms with Crippen molar-refractivity contribution in [1.29, 1.82) is 0 Å². The standard InChI is InChI=1S/C19H32F2O3/c1-16(2,3)19(20,21)24-6-4-5-23-13-17-8-14-7-15(9-17)11-18(22,10-14)12-17/h14-15,22H,4-13H2,1-3H3. The van der Waals surface area contributed by atoms with E-state index in [2.05, 4.69) is 0 Å². The predicted molar refractivity (Wildman–Crippen MR) is 87.9 cm³/mol. The Morgan fingerprint density at radius 3 is 2.21 bits per heavy atom. The number of halogens is 2. The second-order valence-electron chi connectivity index (χ2n) is 9.71. The molecule has 5 heteroatoms. The van der Waals surface area contributed by atoms with Crippen LogP contribution in [0.25, 0.3) is 0 Å². The molecule has 4 rings (SSSR count). The van der Waals surface area contributed by atoms with Gasteiger partial charge in [0.2, 0.25) is 0 Å². The average Bonchev–Trinajstić information content (AvgIpc) is 2.38. The Bertz CT molecular complexity index is 444. The molecular formula is C19H32F2O3. The first-order valence-electron chi connectivity index (χ1n) is 9.35. The lowest BCUT2D eigenvalue weighted by Gasteiger charge is -2.60. The molecule has 24 heavy (non-hydrogen) atoms. The Balaban J connectivity index is 1.39. The third kappa shape index (κ3) is 3.78. The van der Waals surface area contributed by atoms with Crippen LogP contribution in [0.15, 0.2) is 0 Å². The van der Waals surface area contributed by atoms with Crippen LogP contribution in [0.4, 0.5) is 8.78 Å². The molecule has 4 bridgehead atoms. The minimum atomic E-state index is -3.11. The fourth-order valence-corrected chi connectivity index (χ4v) is 5.44. The lowest BCUT2D eigenvalue weighted by Crippen LogP contribution is -2.57. The minimum absolute atomic E-state index is 0.00641. The van der Waals surface area contributed by atoms with Gasteiger partial charge < -0.3 is 14.6 Å². The van der Waals surface area contributed by atoms with Crippen LogP contribution in [0.1, 0.15) is 65.7 Å². The summed E-state index contributed by atoms with van der Waals surface area (Å²) in [6, 6.07) is 0. The predicted octanol–water partition coefficient (Wildman–Crippen LogP) is 4.38. The van der Waals surface area contributed by atoms with Gasteiger partial charge in [-0.25, -0.2) is 0 Å². The third-order valence-electron chi connectivity index (χ3n) is 6.15. The van der Waals surface area contributed by atoms with Crippen molar-refractivity contribution in [2.24, 2.45) is 22.7 Å². The zero-order valence-corrected chi connectivity index (χ0v) is 15.2. The molecule has 0 aromatic carbocycles. The summed E-state index contributed by atoms with van der Waals surface area (Å²) in [4.78, 5) is 0. The SMILES string of the molecule is CC(C)(C)C(F)(F)OCCCOCC12CC3CC(CC(O)(C3)C1)C2. The highest BCUT2D eigenvalue weighted by molar-refractivity contribution is 5.08. The molecular weight excluding hydrogens is 314 g/mol. The molecule has 0 amide bonds. The van der Waals surface area contributed by atoms with Gasteiger partial charge in [0.05, 0.1) is 24.2 Å². The first-order valence-corrected chi connectivity index (χ1v) is 9.35. The summed E-state index contributed by atoms with van der Waals surface area (Å²) in [7, 11) is 0. The van der Waals surface area contributed by atoms with Gasteiger partial charge in [-0.3, -0.25) is 0 Å². The van der Waals surface area contributed by atoms with Crippen molar-refractivity contribution < 1.29 is 23.4 Å². The summed E-state index contributed by atoms with van der Waals surface area (Å²) in [5, 5.41) is 10.7. The van der Waals surface area contributed by atoms with Gasteiger partial charge in [-0.05, 0) is 62.2 Å². The summed E-state index contributed by atoms with van der Waals surface area (Å²) < 4.78 is 38.0. The summed E-state index contributed by atoms with van der Waals surface area (Å²) >= 11 is 0. The molecule has 0 saturated heterocycles. The zero-order valence-electron chi connectivity index (χ0n) is 15.2. The lowest BCUT2D eigenvalue weighted by atomic mass is 9.48. The molecule has 0 spiro atoms. The van der Waals surface area contributed by atoms with Crippen molar-refractivity contribution in [3.8, 4) is 0 Å². The van der Waals surface area contributed by atoms with Crippen molar-refractivity contribution in [1.82, 2.24) is 0 Å². The number of aliphatic hydroxyl groups is 1. The highest BCUT2D eigenvalue weighted by atomic mass is 19.3. The Morgan fingerprint density at radius 1 is 1.04 bits per heavy atom. The van der Waals surface area contributed by atoms with Crippen molar-refractivity contribution in [3.05, 3.63) is 0 Å². The van der Waals surface area contributed by atoms with E-state index in [1.165, 1.54) is 27.2 Å². The van der Waals surface area contributed by atoms with E-state index in [0.29, 0.717) is 31.5 Å². The maximum Gasteiger partial charge on any atom is 0.360 e.